The Morgan fingerprint density at radius 2 is 2.17 bits per heavy atom. The van der Waals surface area contributed by atoms with Crippen LogP contribution in [0.1, 0.15) is 28.5 Å². The van der Waals surface area contributed by atoms with Crippen molar-refractivity contribution >= 4 is 35.0 Å². The van der Waals surface area contributed by atoms with E-state index in [2.05, 4.69) is 5.32 Å². The van der Waals surface area contributed by atoms with Gasteiger partial charge in [0, 0.05) is 24.6 Å². The molecule has 1 aromatic rings. The largest absolute Gasteiger partial charge is 0.481 e. The Morgan fingerprint density at radius 3 is 2.91 bits per heavy atom. The number of amides is 1. The van der Waals surface area contributed by atoms with Crippen LogP contribution in [-0.4, -0.2) is 42.5 Å². The molecule has 5 nitrogen and oxygen atoms in total. The van der Waals surface area contributed by atoms with Crippen molar-refractivity contribution in [1.29, 1.82) is 0 Å². The van der Waals surface area contributed by atoms with Crippen LogP contribution in [-0.2, 0) is 20.7 Å². The van der Waals surface area contributed by atoms with Crippen LogP contribution in [0.5, 0.6) is 0 Å². The van der Waals surface area contributed by atoms with E-state index in [1.165, 1.54) is 4.88 Å². The molecule has 3 heterocycles. The molecule has 1 aromatic heterocycles. The highest BCUT2D eigenvalue weighted by Crippen LogP contribution is 2.39. The molecule has 1 amide bonds. The summed E-state index contributed by atoms with van der Waals surface area (Å²) < 4.78 is 5.30. The van der Waals surface area contributed by atoms with Gasteiger partial charge in [0.1, 0.15) is 5.25 Å². The fourth-order valence-electron chi connectivity index (χ4n) is 3.24. The van der Waals surface area contributed by atoms with Crippen LogP contribution < -0.4 is 5.32 Å². The van der Waals surface area contributed by atoms with Gasteiger partial charge in [0.05, 0.1) is 5.92 Å². The summed E-state index contributed by atoms with van der Waals surface area (Å²) in [4.78, 5) is 25.4. The number of carbonyl (C=O) groups is 2. The molecular formula is C16H21NO4S2. The number of carboxylic acid groups (broad SMARTS) is 1. The molecule has 2 aliphatic heterocycles. The molecule has 0 radical (unpaired) electrons. The van der Waals surface area contributed by atoms with Crippen molar-refractivity contribution in [3.05, 3.63) is 21.9 Å². The lowest BCUT2D eigenvalue weighted by Gasteiger charge is -2.28. The maximum atomic E-state index is 12.5. The first-order valence-electron chi connectivity index (χ1n) is 7.93. The Balaban J connectivity index is 1.60. The van der Waals surface area contributed by atoms with E-state index in [0.717, 1.165) is 30.6 Å². The SMILES string of the molecule is O=C(NCC(C(=O)O)C1CCOCC1)C1SCCc2sccc21. The molecule has 0 saturated carbocycles. The summed E-state index contributed by atoms with van der Waals surface area (Å²) in [5.41, 5.74) is 1.10. The van der Waals surface area contributed by atoms with Crippen LogP contribution in [0.25, 0.3) is 0 Å². The van der Waals surface area contributed by atoms with Crippen molar-refractivity contribution in [2.24, 2.45) is 11.8 Å². The molecule has 2 unspecified atom stereocenters. The number of fused-ring (bicyclic) bond motifs is 1. The van der Waals surface area contributed by atoms with Crippen molar-refractivity contribution in [2.45, 2.75) is 24.5 Å². The third kappa shape index (κ3) is 3.89. The minimum atomic E-state index is -0.829. The summed E-state index contributed by atoms with van der Waals surface area (Å²) in [6.45, 7) is 1.42. The summed E-state index contributed by atoms with van der Waals surface area (Å²) in [6.07, 6.45) is 2.51. The van der Waals surface area contributed by atoms with Gasteiger partial charge in [-0.1, -0.05) is 0 Å². The molecule has 0 spiro atoms. The van der Waals surface area contributed by atoms with Crippen LogP contribution in [0.3, 0.4) is 0 Å². The van der Waals surface area contributed by atoms with E-state index in [1.807, 2.05) is 11.4 Å². The van der Waals surface area contributed by atoms with E-state index in [0.29, 0.717) is 13.2 Å². The predicted octanol–water partition coefficient (Wildman–Crippen LogP) is 2.32. The quantitative estimate of drug-likeness (QED) is 0.848. The van der Waals surface area contributed by atoms with Gasteiger partial charge in [0.2, 0.25) is 5.91 Å². The molecule has 2 aliphatic rings. The average molecular weight is 355 g/mol. The molecule has 1 saturated heterocycles. The van der Waals surface area contributed by atoms with Gasteiger partial charge in [-0.15, -0.1) is 23.1 Å². The van der Waals surface area contributed by atoms with Crippen molar-refractivity contribution in [3.63, 3.8) is 0 Å². The summed E-state index contributed by atoms with van der Waals surface area (Å²) in [6, 6.07) is 2.02. The number of hydrogen-bond acceptors (Lipinski definition) is 5. The van der Waals surface area contributed by atoms with E-state index in [-0.39, 0.29) is 23.6 Å². The second kappa shape index (κ2) is 7.68. The van der Waals surface area contributed by atoms with Gasteiger partial charge in [0.25, 0.3) is 0 Å². The molecule has 3 rings (SSSR count). The Hall–Kier alpha value is -1.05. The molecular weight excluding hydrogens is 334 g/mol. The molecule has 7 heteroatoms. The fourth-order valence-corrected chi connectivity index (χ4v) is 5.56. The van der Waals surface area contributed by atoms with Crippen LogP contribution in [0, 0.1) is 11.8 Å². The monoisotopic (exact) mass is 355 g/mol. The van der Waals surface area contributed by atoms with E-state index >= 15 is 0 Å². The Bertz CT molecular complexity index is 568. The fraction of sp³-hybridized carbons (Fsp3) is 0.625. The van der Waals surface area contributed by atoms with Crippen molar-refractivity contribution < 1.29 is 19.4 Å². The Morgan fingerprint density at radius 1 is 1.39 bits per heavy atom. The molecule has 0 aliphatic carbocycles. The van der Waals surface area contributed by atoms with Crippen LogP contribution in [0.15, 0.2) is 11.4 Å². The minimum absolute atomic E-state index is 0.0624. The van der Waals surface area contributed by atoms with Gasteiger partial charge in [0.15, 0.2) is 0 Å². The van der Waals surface area contributed by atoms with Gasteiger partial charge >= 0.3 is 5.97 Å². The molecule has 1 fully saturated rings. The van der Waals surface area contributed by atoms with Gasteiger partial charge in [-0.25, -0.2) is 0 Å². The van der Waals surface area contributed by atoms with Crippen molar-refractivity contribution in [2.75, 3.05) is 25.5 Å². The smallest absolute Gasteiger partial charge is 0.308 e. The number of carboxylic acids is 1. The maximum absolute atomic E-state index is 12.5. The number of rotatable bonds is 5. The van der Waals surface area contributed by atoms with Crippen molar-refractivity contribution in [3.8, 4) is 0 Å². The molecule has 0 bridgehead atoms. The van der Waals surface area contributed by atoms with E-state index < -0.39 is 11.9 Å². The highest BCUT2D eigenvalue weighted by Gasteiger charge is 2.32. The summed E-state index contributed by atoms with van der Waals surface area (Å²) >= 11 is 3.34. The number of ether oxygens (including phenoxy) is 1. The van der Waals surface area contributed by atoms with Gasteiger partial charge in [-0.3, -0.25) is 9.59 Å². The maximum Gasteiger partial charge on any atom is 0.308 e. The molecule has 2 atom stereocenters. The summed E-state index contributed by atoms with van der Waals surface area (Å²) in [7, 11) is 0. The first-order valence-corrected chi connectivity index (χ1v) is 9.86. The van der Waals surface area contributed by atoms with Gasteiger partial charge in [-0.2, -0.15) is 0 Å². The first kappa shape index (κ1) is 16.8. The lowest BCUT2D eigenvalue weighted by atomic mass is 9.86. The first-order chi connectivity index (χ1) is 11.2. The highest BCUT2D eigenvalue weighted by molar-refractivity contribution is 8.00. The number of hydrogen-bond donors (Lipinski definition) is 2. The lowest BCUT2D eigenvalue weighted by Crippen LogP contribution is -2.40. The molecule has 0 aromatic carbocycles. The molecule has 23 heavy (non-hydrogen) atoms. The van der Waals surface area contributed by atoms with Crippen molar-refractivity contribution in [1.82, 2.24) is 5.32 Å². The van der Waals surface area contributed by atoms with Crippen LogP contribution in [0.2, 0.25) is 0 Å². The summed E-state index contributed by atoms with van der Waals surface area (Å²) in [5.74, 6) is -0.401. The third-order valence-corrected chi connectivity index (χ3v) is 6.80. The van der Waals surface area contributed by atoms with Crippen LogP contribution in [0.4, 0.5) is 0 Å². The number of thioether (sulfide) groups is 1. The standard InChI is InChI=1S/C16H21NO4S2/c18-15(14-11-3-7-22-13(11)4-8-23-14)17-9-12(16(19)20)10-1-5-21-6-2-10/h3,7,10,12,14H,1-2,4-6,8-9H2,(H,17,18)(H,19,20). The number of aliphatic carboxylic acids is 1. The zero-order valence-corrected chi connectivity index (χ0v) is 14.5. The van der Waals surface area contributed by atoms with E-state index in [1.54, 1.807) is 23.1 Å². The second-order valence-corrected chi connectivity index (χ2v) is 8.15. The minimum Gasteiger partial charge on any atom is -0.481 e. The topological polar surface area (TPSA) is 75.6 Å². The summed E-state index contributed by atoms with van der Waals surface area (Å²) in [5, 5.41) is 14.2. The average Bonchev–Trinajstić information content (AvgIpc) is 3.04. The number of carbonyl (C=O) groups excluding carboxylic acids is 1. The third-order valence-electron chi connectivity index (χ3n) is 4.56. The zero-order chi connectivity index (χ0) is 16.2. The second-order valence-electron chi connectivity index (χ2n) is 5.94. The Labute approximate surface area is 143 Å². The van der Waals surface area contributed by atoms with E-state index in [9.17, 15) is 14.7 Å². The van der Waals surface area contributed by atoms with Gasteiger partial charge < -0.3 is 15.2 Å². The highest BCUT2D eigenvalue weighted by atomic mass is 32.2. The normalized spacial score (nSPS) is 23.0. The van der Waals surface area contributed by atoms with Crippen LogP contribution >= 0.6 is 23.1 Å². The molecule has 2 N–H and O–H groups in total. The Kier molecular flexibility index (Phi) is 5.61. The number of thiophene rings is 1. The van der Waals surface area contributed by atoms with E-state index in [4.69, 9.17) is 4.74 Å². The number of aryl methyl sites for hydroxylation is 1. The predicted molar refractivity (Wildman–Crippen MR) is 90.9 cm³/mol. The molecule has 126 valence electrons. The number of nitrogens with one attached hydrogen (secondary N) is 1. The van der Waals surface area contributed by atoms with Gasteiger partial charge in [-0.05, 0) is 47.9 Å². The zero-order valence-electron chi connectivity index (χ0n) is 12.8. The lowest BCUT2D eigenvalue weighted by molar-refractivity contribution is -0.144.